The SMILES string of the molecule is CCc1ccccc1O[C@@H](C)C(=O)Nc1cccc(SC)c1. The second kappa shape index (κ2) is 7.90. The molecule has 2 aromatic carbocycles. The van der Waals surface area contributed by atoms with Crippen LogP contribution in [0.15, 0.2) is 53.4 Å². The van der Waals surface area contributed by atoms with Gasteiger partial charge in [-0.1, -0.05) is 31.2 Å². The molecule has 0 radical (unpaired) electrons. The minimum Gasteiger partial charge on any atom is -0.481 e. The molecule has 0 aliphatic rings. The van der Waals surface area contributed by atoms with E-state index in [9.17, 15) is 4.79 Å². The molecule has 0 aliphatic carbocycles. The van der Waals surface area contributed by atoms with Gasteiger partial charge in [-0.15, -0.1) is 11.8 Å². The summed E-state index contributed by atoms with van der Waals surface area (Å²) < 4.78 is 5.81. The first kappa shape index (κ1) is 16.4. The van der Waals surface area contributed by atoms with Crippen molar-refractivity contribution in [2.45, 2.75) is 31.3 Å². The lowest BCUT2D eigenvalue weighted by molar-refractivity contribution is -0.122. The van der Waals surface area contributed by atoms with Gasteiger partial charge in [-0.05, 0) is 49.4 Å². The lowest BCUT2D eigenvalue weighted by Gasteiger charge is -2.17. The Balaban J connectivity index is 2.02. The van der Waals surface area contributed by atoms with Gasteiger partial charge in [-0.25, -0.2) is 0 Å². The van der Waals surface area contributed by atoms with Crippen molar-refractivity contribution in [3.8, 4) is 5.75 Å². The quantitative estimate of drug-likeness (QED) is 0.804. The van der Waals surface area contributed by atoms with Crippen LogP contribution in [0, 0.1) is 0 Å². The van der Waals surface area contributed by atoms with Gasteiger partial charge in [0.15, 0.2) is 6.10 Å². The number of ether oxygens (including phenoxy) is 1. The molecule has 0 saturated carbocycles. The van der Waals surface area contributed by atoms with Crippen LogP contribution in [-0.4, -0.2) is 18.3 Å². The third kappa shape index (κ3) is 4.28. The van der Waals surface area contributed by atoms with Gasteiger partial charge in [-0.3, -0.25) is 4.79 Å². The van der Waals surface area contributed by atoms with E-state index < -0.39 is 6.10 Å². The Morgan fingerprint density at radius 1 is 1.23 bits per heavy atom. The molecule has 3 nitrogen and oxygen atoms in total. The number of hydrogen-bond acceptors (Lipinski definition) is 3. The molecule has 4 heteroatoms. The van der Waals surface area contributed by atoms with Crippen LogP contribution < -0.4 is 10.1 Å². The van der Waals surface area contributed by atoms with Crippen LogP contribution >= 0.6 is 11.8 Å². The lowest BCUT2D eigenvalue weighted by Crippen LogP contribution is -2.30. The van der Waals surface area contributed by atoms with Gasteiger partial charge in [0, 0.05) is 10.6 Å². The number of para-hydroxylation sites is 1. The number of anilines is 1. The summed E-state index contributed by atoms with van der Waals surface area (Å²) >= 11 is 1.64. The number of benzene rings is 2. The van der Waals surface area contributed by atoms with Crippen molar-refractivity contribution < 1.29 is 9.53 Å². The number of carbonyl (C=O) groups is 1. The van der Waals surface area contributed by atoms with Crippen LogP contribution in [0.4, 0.5) is 5.69 Å². The molecule has 0 spiro atoms. The minimum absolute atomic E-state index is 0.149. The largest absolute Gasteiger partial charge is 0.481 e. The molecule has 0 heterocycles. The highest BCUT2D eigenvalue weighted by Gasteiger charge is 2.16. The molecule has 1 amide bonds. The van der Waals surface area contributed by atoms with Crippen LogP contribution in [0.5, 0.6) is 5.75 Å². The number of hydrogen-bond donors (Lipinski definition) is 1. The van der Waals surface area contributed by atoms with E-state index in [0.717, 1.165) is 28.3 Å². The number of rotatable bonds is 6. The number of nitrogens with one attached hydrogen (secondary N) is 1. The molecule has 2 aromatic rings. The maximum atomic E-state index is 12.3. The van der Waals surface area contributed by atoms with Crippen molar-refractivity contribution in [3.05, 3.63) is 54.1 Å². The summed E-state index contributed by atoms with van der Waals surface area (Å²) in [4.78, 5) is 13.4. The third-order valence-electron chi connectivity index (χ3n) is 3.36. The number of thioether (sulfide) groups is 1. The average molecular weight is 315 g/mol. The van der Waals surface area contributed by atoms with Crippen molar-refractivity contribution in [1.29, 1.82) is 0 Å². The fourth-order valence-electron chi connectivity index (χ4n) is 2.10. The van der Waals surface area contributed by atoms with Crippen molar-refractivity contribution in [2.24, 2.45) is 0 Å². The number of carbonyl (C=O) groups excluding carboxylic acids is 1. The topological polar surface area (TPSA) is 38.3 Å². The summed E-state index contributed by atoms with van der Waals surface area (Å²) in [6.45, 7) is 3.83. The molecular weight excluding hydrogens is 294 g/mol. The van der Waals surface area contributed by atoms with Crippen LogP contribution in [-0.2, 0) is 11.2 Å². The molecule has 0 unspecified atom stereocenters. The van der Waals surface area contributed by atoms with Gasteiger partial charge >= 0.3 is 0 Å². The van der Waals surface area contributed by atoms with Crippen molar-refractivity contribution >= 4 is 23.4 Å². The second-order valence-electron chi connectivity index (χ2n) is 4.94. The van der Waals surface area contributed by atoms with E-state index in [2.05, 4.69) is 12.2 Å². The number of amides is 1. The van der Waals surface area contributed by atoms with E-state index in [0.29, 0.717) is 0 Å². The summed E-state index contributed by atoms with van der Waals surface area (Å²) in [5.74, 6) is 0.620. The van der Waals surface area contributed by atoms with E-state index in [4.69, 9.17) is 4.74 Å². The first-order valence-corrected chi connectivity index (χ1v) is 8.56. The molecule has 0 saturated heterocycles. The Morgan fingerprint density at radius 2 is 2.00 bits per heavy atom. The average Bonchev–Trinajstić information content (AvgIpc) is 2.55. The maximum absolute atomic E-state index is 12.3. The summed E-state index contributed by atoms with van der Waals surface area (Å²) in [5.41, 5.74) is 1.89. The zero-order valence-corrected chi connectivity index (χ0v) is 13.9. The van der Waals surface area contributed by atoms with Crippen LogP contribution in [0.25, 0.3) is 0 Å². The molecule has 22 heavy (non-hydrogen) atoms. The van der Waals surface area contributed by atoms with Crippen molar-refractivity contribution in [1.82, 2.24) is 0 Å². The number of aryl methyl sites for hydroxylation is 1. The predicted molar refractivity (Wildman–Crippen MR) is 92.8 cm³/mol. The molecule has 0 aromatic heterocycles. The monoisotopic (exact) mass is 315 g/mol. The van der Waals surface area contributed by atoms with Gasteiger partial charge in [0.1, 0.15) is 5.75 Å². The van der Waals surface area contributed by atoms with E-state index in [-0.39, 0.29) is 5.91 Å². The molecule has 1 N–H and O–H groups in total. The molecule has 0 fully saturated rings. The Kier molecular flexibility index (Phi) is 5.90. The summed E-state index contributed by atoms with van der Waals surface area (Å²) in [6, 6.07) is 15.6. The normalized spacial score (nSPS) is 11.8. The Labute approximate surface area is 136 Å². The highest BCUT2D eigenvalue weighted by Crippen LogP contribution is 2.21. The van der Waals surface area contributed by atoms with Gasteiger partial charge in [0.05, 0.1) is 0 Å². The Morgan fingerprint density at radius 3 is 2.73 bits per heavy atom. The Bertz CT molecular complexity index is 642. The zero-order chi connectivity index (χ0) is 15.9. The fourth-order valence-corrected chi connectivity index (χ4v) is 2.56. The van der Waals surface area contributed by atoms with Crippen LogP contribution in [0.3, 0.4) is 0 Å². The first-order valence-electron chi connectivity index (χ1n) is 7.33. The summed E-state index contributed by atoms with van der Waals surface area (Å²) in [5, 5.41) is 2.90. The third-order valence-corrected chi connectivity index (χ3v) is 4.09. The van der Waals surface area contributed by atoms with Crippen LogP contribution in [0.1, 0.15) is 19.4 Å². The standard InChI is InChI=1S/C18H21NO2S/c1-4-14-8-5-6-11-17(14)21-13(2)18(20)19-15-9-7-10-16(12-15)22-3/h5-13H,4H2,1-3H3,(H,19,20)/t13-/m0/s1. The highest BCUT2D eigenvalue weighted by atomic mass is 32.2. The van der Waals surface area contributed by atoms with Crippen molar-refractivity contribution in [3.63, 3.8) is 0 Å². The maximum Gasteiger partial charge on any atom is 0.265 e. The van der Waals surface area contributed by atoms with Gasteiger partial charge in [-0.2, -0.15) is 0 Å². The van der Waals surface area contributed by atoms with Crippen molar-refractivity contribution in [2.75, 3.05) is 11.6 Å². The predicted octanol–water partition coefficient (Wildman–Crippen LogP) is 4.38. The molecule has 116 valence electrons. The molecule has 0 bridgehead atoms. The van der Waals surface area contributed by atoms with Crippen LogP contribution in [0.2, 0.25) is 0 Å². The minimum atomic E-state index is -0.550. The molecule has 0 aliphatic heterocycles. The Hall–Kier alpha value is -1.94. The first-order chi connectivity index (χ1) is 10.6. The molecule has 2 rings (SSSR count). The molecule has 1 atom stereocenters. The van der Waals surface area contributed by atoms with Gasteiger partial charge in [0.25, 0.3) is 5.91 Å². The van der Waals surface area contributed by atoms with E-state index in [1.165, 1.54) is 0 Å². The van der Waals surface area contributed by atoms with Gasteiger partial charge < -0.3 is 10.1 Å². The zero-order valence-electron chi connectivity index (χ0n) is 13.1. The van der Waals surface area contributed by atoms with Gasteiger partial charge in [0.2, 0.25) is 0 Å². The van der Waals surface area contributed by atoms with E-state index in [1.54, 1.807) is 18.7 Å². The van der Waals surface area contributed by atoms with E-state index >= 15 is 0 Å². The lowest BCUT2D eigenvalue weighted by atomic mass is 10.1. The highest BCUT2D eigenvalue weighted by molar-refractivity contribution is 7.98. The summed E-state index contributed by atoms with van der Waals surface area (Å²) in [6.07, 6.45) is 2.33. The van der Waals surface area contributed by atoms with E-state index in [1.807, 2.05) is 54.8 Å². The summed E-state index contributed by atoms with van der Waals surface area (Å²) in [7, 11) is 0. The second-order valence-corrected chi connectivity index (χ2v) is 5.82. The fraction of sp³-hybridized carbons (Fsp3) is 0.278. The smallest absolute Gasteiger partial charge is 0.265 e. The molecular formula is C18H21NO2S.